The molecule has 0 fully saturated rings. The molecular weight excluding hydrogens is 284 g/mol. The quantitative estimate of drug-likeness (QED) is 0.778. The number of nitrogens with one attached hydrogen (secondary N) is 2. The smallest absolute Gasteiger partial charge is 0.255 e. The molecule has 0 radical (unpaired) electrons. The number of carbonyl (C=O) groups excluding carboxylic acids is 1. The summed E-state index contributed by atoms with van der Waals surface area (Å²) in [6.07, 6.45) is 0. The van der Waals surface area contributed by atoms with Crippen LogP contribution in [0.2, 0.25) is 0 Å². The number of amides is 1. The Bertz CT molecular complexity index is 812. The first-order valence-electron chi connectivity index (χ1n) is 6.50. The molecule has 0 bridgehead atoms. The number of benzene rings is 2. The van der Waals surface area contributed by atoms with Gasteiger partial charge in [-0.05, 0) is 31.2 Å². The van der Waals surface area contributed by atoms with E-state index in [0.717, 1.165) is 28.5 Å². The van der Waals surface area contributed by atoms with Crippen LogP contribution in [0.15, 0.2) is 36.4 Å². The van der Waals surface area contributed by atoms with E-state index in [0.29, 0.717) is 16.8 Å². The number of fused-ring (bicyclic) bond motifs is 1. The Morgan fingerprint density at radius 3 is 2.81 bits per heavy atom. The van der Waals surface area contributed by atoms with Gasteiger partial charge in [-0.2, -0.15) is 8.75 Å². The fourth-order valence-corrected chi connectivity index (χ4v) is 2.70. The maximum absolute atomic E-state index is 12.4. The molecule has 0 aliphatic carbocycles. The van der Waals surface area contributed by atoms with Gasteiger partial charge < -0.3 is 10.6 Å². The van der Waals surface area contributed by atoms with Gasteiger partial charge in [0.25, 0.3) is 5.91 Å². The highest BCUT2D eigenvalue weighted by molar-refractivity contribution is 7.00. The van der Waals surface area contributed by atoms with Gasteiger partial charge in [-0.15, -0.1) is 0 Å². The topological polar surface area (TPSA) is 66.9 Å². The van der Waals surface area contributed by atoms with E-state index in [1.165, 1.54) is 0 Å². The second kappa shape index (κ2) is 5.49. The van der Waals surface area contributed by atoms with Gasteiger partial charge in [0.15, 0.2) is 0 Å². The van der Waals surface area contributed by atoms with Gasteiger partial charge in [-0.1, -0.05) is 17.7 Å². The Balaban J connectivity index is 2.01. The zero-order valence-electron chi connectivity index (χ0n) is 11.7. The number of carbonyl (C=O) groups is 1. The standard InChI is InChI=1S/C15H14N4OS/c1-9-4-3-5-10(8-9)15(20)17-13-11(16-2)6-7-12-14(13)19-21-18-12/h3-8,16H,1-2H3,(H,17,20). The lowest BCUT2D eigenvalue weighted by Gasteiger charge is -2.11. The minimum absolute atomic E-state index is 0.157. The summed E-state index contributed by atoms with van der Waals surface area (Å²) in [6.45, 7) is 1.96. The van der Waals surface area contributed by atoms with Gasteiger partial charge in [-0.25, -0.2) is 0 Å². The van der Waals surface area contributed by atoms with Crippen molar-refractivity contribution >= 4 is 40.0 Å². The van der Waals surface area contributed by atoms with E-state index in [4.69, 9.17) is 0 Å². The normalized spacial score (nSPS) is 10.6. The van der Waals surface area contributed by atoms with Crippen molar-refractivity contribution in [3.05, 3.63) is 47.5 Å². The van der Waals surface area contributed by atoms with Crippen LogP contribution in [0.3, 0.4) is 0 Å². The lowest BCUT2D eigenvalue weighted by Crippen LogP contribution is -2.13. The summed E-state index contributed by atoms with van der Waals surface area (Å²) < 4.78 is 8.47. The number of hydrogen-bond acceptors (Lipinski definition) is 5. The molecule has 6 heteroatoms. The molecule has 1 heterocycles. The first kappa shape index (κ1) is 13.5. The molecule has 0 aliphatic rings. The molecule has 0 unspecified atom stereocenters. The maximum Gasteiger partial charge on any atom is 0.255 e. The minimum Gasteiger partial charge on any atom is -0.386 e. The summed E-state index contributed by atoms with van der Waals surface area (Å²) in [5, 5.41) is 6.00. The maximum atomic E-state index is 12.4. The third kappa shape index (κ3) is 2.57. The average molecular weight is 298 g/mol. The Hall–Kier alpha value is -2.47. The first-order valence-corrected chi connectivity index (χ1v) is 7.23. The van der Waals surface area contributed by atoms with Crippen molar-refractivity contribution in [2.24, 2.45) is 0 Å². The lowest BCUT2D eigenvalue weighted by molar-refractivity contribution is 0.102. The summed E-state index contributed by atoms with van der Waals surface area (Å²) in [5.74, 6) is -0.157. The molecule has 0 saturated carbocycles. The molecular formula is C15H14N4OS. The van der Waals surface area contributed by atoms with Gasteiger partial charge in [0.2, 0.25) is 0 Å². The average Bonchev–Trinajstić information content (AvgIpc) is 2.96. The number of nitrogens with zero attached hydrogens (tertiary/aromatic N) is 2. The van der Waals surface area contributed by atoms with Crippen LogP contribution in [0.1, 0.15) is 15.9 Å². The van der Waals surface area contributed by atoms with Crippen molar-refractivity contribution in [1.29, 1.82) is 0 Å². The Kier molecular flexibility index (Phi) is 3.53. The van der Waals surface area contributed by atoms with Gasteiger partial charge in [-0.3, -0.25) is 4.79 Å². The fourth-order valence-electron chi connectivity index (χ4n) is 2.16. The number of anilines is 2. The van der Waals surface area contributed by atoms with Gasteiger partial charge >= 0.3 is 0 Å². The highest BCUT2D eigenvalue weighted by Gasteiger charge is 2.14. The summed E-state index contributed by atoms with van der Waals surface area (Å²) in [7, 11) is 1.81. The third-order valence-corrected chi connectivity index (χ3v) is 3.76. The third-order valence-electron chi connectivity index (χ3n) is 3.22. The molecule has 3 rings (SSSR count). The number of rotatable bonds is 3. The number of hydrogen-bond donors (Lipinski definition) is 2. The van der Waals surface area contributed by atoms with E-state index in [9.17, 15) is 4.79 Å². The van der Waals surface area contributed by atoms with E-state index in [1.54, 1.807) is 6.07 Å². The Morgan fingerprint density at radius 1 is 1.19 bits per heavy atom. The highest BCUT2D eigenvalue weighted by atomic mass is 32.1. The Morgan fingerprint density at radius 2 is 2.05 bits per heavy atom. The molecule has 1 amide bonds. The Labute approximate surface area is 126 Å². The fraction of sp³-hybridized carbons (Fsp3) is 0.133. The monoisotopic (exact) mass is 298 g/mol. The van der Waals surface area contributed by atoms with Crippen molar-refractivity contribution in [3.63, 3.8) is 0 Å². The van der Waals surface area contributed by atoms with Crippen LogP contribution in [-0.4, -0.2) is 21.7 Å². The molecule has 3 aromatic rings. The SMILES string of the molecule is CNc1ccc2nsnc2c1NC(=O)c1cccc(C)c1. The van der Waals surface area contributed by atoms with Crippen LogP contribution in [0.4, 0.5) is 11.4 Å². The van der Waals surface area contributed by atoms with E-state index in [1.807, 2.05) is 44.3 Å². The van der Waals surface area contributed by atoms with Crippen molar-refractivity contribution < 1.29 is 4.79 Å². The van der Waals surface area contributed by atoms with Crippen LogP contribution in [0, 0.1) is 6.92 Å². The number of aryl methyl sites for hydroxylation is 1. The second-order valence-electron chi connectivity index (χ2n) is 4.69. The molecule has 21 heavy (non-hydrogen) atoms. The largest absolute Gasteiger partial charge is 0.386 e. The predicted octanol–water partition coefficient (Wildman–Crippen LogP) is 3.29. The molecule has 0 saturated heterocycles. The molecule has 2 N–H and O–H groups in total. The summed E-state index contributed by atoms with van der Waals surface area (Å²) in [6, 6.07) is 11.2. The van der Waals surface area contributed by atoms with Crippen molar-refractivity contribution in [3.8, 4) is 0 Å². The van der Waals surface area contributed by atoms with Crippen LogP contribution in [0.25, 0.3) is 11.0 Å². The highest BCUT2D eigenvalue weighted by Crippen LogP contribution is 2.30. The molecule has 0 aliphatic heterocycles. The number of aromatic nitrogens is 2. The van der Waals surface area contributed by atoms with Gasteiger partial charge in [0, 0.05) is 12.6 Å². The predicted molar refractivity (Wildman–Crippen MR) is 86.1 cm³/mol. The van der Waals surface area contributed by atoms with Crippen molar-refractivity contribution in [2.45, 2.75) is 6.92 Å². The molecule has 1 aromatic heterocycles. The van der Waals surface area contributed by atoms with E-state index in [-0.39, 0.29) is 5.91 Å². The van der Waals surface area contributed by atoms with Crippen LogP contribution in [0.5, 0.6) is 0 Å². The molecule has 0 atom stereocenters. The molecule has 0 spiro atoms. The lowest BCUT2D eigenvalue weighted by atomic mass is 10.1. The van der Waals surface area contributed by atoms with E-state index < -0.39 is 0 Å². The van der Waals surface area contributed by atoms with Crippen molar-refractivity contribution in [1.82, 2.24) is 8.75 Å². The molecule has 2 aromatic carbocycles. The van der Waals surface area contributed by atoms with E-state index in [2.05, 4.69) is 19.4 Å². The zero-order valence-corrected chi connectivity index (χ0v) is 12.5. The second-order valence-corrected chi connectivity index (χ2v) is 5.22. The molecule has 106 valence electrons. The van der Waals surface area contributed by atoms with Gasteiger partial charge in [0.05, 0.1) is 23.1 Å². The summed E-state index contributed by atoms with van der Waals surface area (Å²) in [4.78, 5) is 12.4. The summed E-state index contributed by atoms with van der Waals surface area (Å²) in [5.41, 5.74) is 4.63. The zero-order chi connectivity index (χ0) is 14.8. The van der Waals surface area contributed by atoms with Crippen molar-refractivity contribution in [2.75, 3.05) is 17.7 Å². The first-order chi connectivity index (χ1) is 10.2. The minimum atomic E-state index is -0.157. The molecule has 5 nitrogen and oxygen atoms in total. The van der Waals surface area contributed by atoms with Crippen LogP contribution < -0.4 is 10.6 Å². The van der Waals surface area contributed by atoms with E-state index >= 15 is 0 Å². The van der Waals surface area contributed by atoms with Gasteiger partial charge in [0.1, 0.15) is 11.0 Å². The van der Waals surface area contributed by atoms with Crippen LogP contribution >= 0.6 is 11.7 Å². The summed E-state index contributed by atoms with van der Waals surface area (Å²) >= 11 is 1.13. The van der Waals surface area contributed by atoms with Crippen LogP contribution in [-0.2, 0) is 0 Å².